The average Bonchev–Trinajstić information content (AvgIpc) is 2.60. The first-order valence-electron chi connectivity index (χ1n) is 8.16. The first kappa shape index (κ1) is 20.5. The van der Waals surface area contributed by atoms with E-state index in [4.69, 9.17) is 4.74 Å². The third-order valence-corrected chi connectivity index (χ3v) is 3.54. The van der Waals surface area contributed by atoms with Crippen LogP contribution in [0, 0.1) is 5.92 Å². The largest absolute Gasteiger partial charge is 0.497 e. The maximum absolute atomic E-state index is 12.4. The second kappa shape index (κ2) is 10.3. The Morgan fingerprint density at radius 2 is 1.72 bits per heavy atom. The van der Waals surface area contributed by atoms with Gasteiger partial charge in [-0.2, -0.15) is 0 Å². The molecule has 1 unspecified atom stereocenters. The molecule has 25 heavy (non-hydrogen) atoms. The Hall–Kier alpha value is -2.57. The van der Waals surface area contributed by atoms with Crippen LogP contribution in [0.5, 0.6) is 5.75 Å². The second-order valence-electron chi connectivity index (χ2n) is 6.00. The Labute approximate surface area is 148 Å². The van der Waals surface area contributed by atoms with Crippen LogP contribution in [0.2, 0.25) is 0 Å². The first-order chi connectivity index (χ1) is 11.9. The van der Waals surface area contributed by atoms with Crippen molar-refractivity contribution < 1.29 is 23.9 Å². The van der Waals surface area contributed by atoms with E-state index in [2.05, 4.69) is 15.4 Å². The van der Waals surface area contributed by atoms with Crippen molar-refractivity contribution in [3.8, 4) is 5.75 Å². The quantitative estimate of drug-likeness (QED) is 0.659. The van der Waals surface area contributed by atoms with Gasteiger partial charge in [-0.25, -0.2) is 0 Å². The lowest BCUT2D eigenvalue weighted by molar-refractivity contribution is -0.140. The van der Waals surface area contributed by atoms with Crippen molar-refractivity contribution >= 4 is 17.8 Å². The molecule has 0 aliphatic heterocycles. The van der Waals surface area contributed by atoms with Gasteiger partial charge in [-0.15, -0.1) is 0 Å². The first-order valence-corrected chi connectivity index (χ1v) is 8.16. The maximum Gasteiger partial charge on any atom is 0.307 e. The van der Waals surface area contributed by atoms with Crippen LogP contribution in [0.1, 0.15) is 37.0 Å². The molecule has 1 aromatic rings. The van der Waals surface area contributed by atoms with Crippen LogP contribution < -0.4 is 15.4 Å². The van der Waals surface area contributed by atoms with E-state index in [1.54, 1.807) is 31.4 Å². The molecule has 7 nitrogen and oxygen atoms in total. The van der Waals surface area contributed by atoms with Crippen LogP contribution in [0.3, 0.4) is 0 Å². The summed E-state index contributed by atoms with van der Waals surface area (Å²) in [6, 6.07) is 5.96. The zero-order valence-electron chi connectivity index (χ0n) is 15.1. The second-order valence-corrected chi connectivity index (χ2v) is 6.00. The number of benzene rings is 1. The molecule has 0 aliphatic carbocycles. The molecule has 7 heteroatoms. The monoisotopic (exact) mass is 350 g/mol. The number of carbonyl (C=O) groups is 3. The van der Waals surface area contributed by atoms with E-state index in [9.17, 15) is 14.4 Å². The average molecular weight is 350 g/mol. The normalized spacial score (nSPS) is 11.6. The van der Waals surface area contributed by atoms with Crippen molar-refractivity contribution in [3.63, 3.8) is 0 Å². The number of ether oxygens (including phenoxy) is 2. The third-order valence-electron chi connectivity index (χ3n) is 3.54. The molecule has 0 saturated carbocycles. The molecule has 0 heterocycles. The molecule has 1 atom stereocenters. The predicted molar refractivity (Wildman–Crippen MR) is 93.3 cm³/mol. The number of esters is 1. The van der Waals surface area contributed by atoms with Gasteiger partial charge in [0.15, 0.2) is 0 Å². The SMILES string of the molecule is COC(=O)CCNC(=O)C(CC(C)C)NC(=O)c1ccc(OC)cc1. The Bertz CT molecular complexity index is 584. The fraction of sp³-hybridized carbons (Fsp3) is 0.500. The summed E-state index contributed by atoms with van der Waals surface area (Å²) in [5, 5.41) is 5.40. The van der Waals surface area contributed by atoms with E-state index in [0.717, 1.165) is 0 Å². The van der Waals surface area contributed by atoms with Crippen molar-refractivity contribution in [1.82, 2.24) is 10.6 Å². The highest BCUT2D eigenvalue weighted by molar-refractivity contribution is 5.97. The van der Waals surface area contributed by atoms with Gasteiger partial charge >= 0.3 is 5.97 Å². The highest BCUT2D eigenvalue weighted by atomic mass is 16.5. The number of carbonyl (C=O) groups excluding carboxylic acids is 3. The predicted octanol–water partition coefficient (Wildman–Crippen LogP) is 1.52. The van der Waals surface area contributed by atoms with E-state index in [1.807, 2.05) is 13.8 Å². The number of hydrogen-bond donors (Lipinski definition) is 2. The summed E-state index contributed by atoms with van der Waals surface area (Å²) >= 11 is 0. The lowest BCUT2D eigenvalue weighted by atomic mass is 10.0. The molecule has 0 fully saturated rings. The summed E-state index contributed by atoms with van der Waals surface area (Å²) in [7, 11) is 2.84. The minimum absolute atomic E-state index is 0.0864. The van der Waals surface area contributed by atoms with E-state index in [-0.39, 0.29) is 30.7 Å². The van der Waals surface area contributed by atoms with Crippen LogP contribution in [0.25, 0.3) is 0 Å². The molecule has 2 N–H and O–H groups in total. The Morgan fingerprint density at radius 1 is 1.08 bits per heavy atom. The maximum atomic E-state index is 12.4. The summed E-state index contributed by atoms with van der Waals surface area (Å²) in [6.45, 7) is 4.10. The van der Waals surface area contributed by atoms with E-state index >= 15 is 0 Å². The van der Waals surface area contributed by atoms with Gasteiger partial charge in [-0.05, 0) is 36.6 Å². The molecule has 0 spiro atoms. The molecule has 1 rings (SSSR count). The van der Waals surface area contributed by atoms with Crippen LogP contribution >= 0.6 is 0 Å². The fourth-order valence-electron chi connectivity index (χ4n) is 2.20. The molecular weight excluding hydrogens is 324 g/mol. The third kappa shape index (κ3) is 7.24. The number of rotatable bonds is 9. The van der Waals surface area contributed by atoms with Gasteiger partial charge < -0.3 is 20.1 Å². The van der Waals surface area contributed by atoms with Gasteiger partial charge in [-0.1, -0.05) is 13.8 Å². The van der Waals surface area contributed by atoms with E-state index in [1.165, 1.54) is 7.11 Å². The molecule has 0 aromatic heterocycles. The highest BCUT2D eigenvalue weighted by Crippen LogP contribution is 2.12. The number of amides is 2. The summed E-state index contributed by atoms with van der Waals surface area (Å²) in [5.41, 5.74) is 0.442. The van der Waals surface area contributed by atoms with Gasteiger partial charge in [0.2, 0.25) is 5.91 Å². The molecular formula is C18H26N2O5. The summed E-state index contributed by atoms with van der Waals surface area (Å²) < 4.78 is 9.59. The van der Waals surface area contributed by atoms with Crippen molar-refractivity contribution in [2.45, 2.75) is 32.7 Å². The van der Waals surface area contributed by atoms with Crippen LogP contribution in [0.4, 0.5) is 0 Å². The van der Waals surface area contributed by atoms with Gasteiger partial charge in [0, 0.05) is 12.1 Å². The zero-order valence-corrected chi connectivity index (χ0v) is 15.1. The van der Waals surface area contributed by atoms with E-state index in [0.29, 0.717) is 17.7 Å². The standard InChI is InChI=1S/C18H26N2O5/c1-12(2)11-15(18(23)19-10-9-16(21)25-4)20-17(22)13-5-7-14(24-3)8-6-13/h5-8,12,15H,9-11H2,1-4H3,(H,19,23)(H,20,22). The van der Waals surface area contributed by atoms with Gasteiger partial charge in [0.1, 0.15) is 11.8 Å². The lowest BCUT2D eigenvalue weighted by Crippen LogP contribution is -2.47. The Morgan fingerprint density at radius 3 is 2.24 bits per heavy atom. The molecule has 0 aliphatic rings. The minimum Gasteiger partial charge on any atom is -0.497 e. The van der Waals surface area contributed by atoms with Gasteiger partial charge in [0.05, 0.1) is 20.6 Å². The van der Waals surface area contributed by atoms with Crippen LogP contribution in [0.15, 0.2) is 24.3 Å². The number of methoxy groups -OCH3 is 2. The summed E-state index contributed by atoms with van der Waals surface area (Å²) in [4.78, 5) is 35.8. The van der Waals surface area contributed by atoms with Crippen molar-refractivity contribution in [2.75, 3.05) is 20.8 Å². The molecule has 2 amide bonds. The lowest BCUT2D eigenvalue weighted by Gasteiger charge is -2.20. The minimum atomic E-state index is -0.674. The van der Waals surface area contributed by atoms with Crippen LogP contribution in [-0.2, 0) is 14.3 Å². The Kier molecular flexibility index (Phi) is 8.46. The topological polar surface area (TPSA) is 93.7 Å². The molecule has 0 saturated heterocycles. The Balaban J connectivity index is 2.68. The van der Waals surface area contributed by atoms with Crippen molar-refractivity contribution in [1.29, 1.82) is 0 Å². The van der Waals surface area contributed by atoms with Crippen LogP contribution in [-0.4, -0.2) is 44.6 Å². The summed E-state index contributed by atoms with van der Waals surface area (Å²) in [6.07, 6.45) is 0.578. The molecule has 1 aromatic carbocycles. The number of hydrogen-bond acceptors (Lipinski definition) is 5. The zero-order chi connectivity index (χ0) is 18.8. The fourth-order valence-corrected chi connectivity index (χ4v) is 2.20. The van der Waals surface area contributed by atoms with E-state index < -0.39 is 12.0 Å². The highest BCUT2D eigenvalue weighted by Gasteiger charge is 2.22. The number of nitrogens with one attached hydrogen (secondary N) is 2. The smallest absolute Gasteiger partial charge is 0.307 e. The summed E-state index contributed by atoms with van der Waals surface area (Å²) in [5.74, 6) is -0.192. The van der Waals surface area contributed by atoms with Crippen molar-refractivity contribution in [2.24, 2.45) is 5.92 Å². The van der Waals surface area contributed by atoms with Gasteiger partial charge in [0.25, 0.3) is 5.91 Å². The van der Waals surface area contributed by atoms with Gasteiger partial charge in [-0.3, -0.25) is 14.4 Å². The molecule has 0 bridgehead atoms. The molecule has 0 radical (unpaired) electrons. The van der Waals surface area contributed by atoms with Crippen molar-refractivity contribution in [3.05, 3.63) is 29.8 Å². The molecule has 138 valence electrons.